The van der Waals surface area contributed by atoms with Gasteiger partial charge in [-0.1, -0.05) is 29.8 Å². The van der Waals surface area contributed by atoms with Crippen LogP contribution in [0.5, 0.6) is 0 Å². The zero-order valence-corrected chi connectivity index (χ0v) is 14.2. The molecule has 0 N–H and O–H groups in total. The number of rotatable bonds is 3. The van der Waals surface area contributed by atoms with E-state index in [1.807, 2.05) is 9.80 Å². The number of carbonyl (C=O) groups excluding carboxylic acids is 1. The minimum absolute atomic E-state index is 0.121. The average Bonchev–Trinajstić information content (AvgIpc) is 3.43. The maximum absolute atomic E-state index is 12.9. The largest absolute Gasteiger partial charge is 0.339 e. The third kappa shape index (κ3) is 3.34. The van der Waals surface area contributed by atoms with Crippen LogP contribution in [0.2, 0.25) is 0 Å². The van der Waals surface area contributed by atoms with E-state index in [0.717, 1.165) is 6.42 Å². The first-order valence-corrected chi connectivity index (χ1v) is 8.69. The highest BCUT2D eigenvalue weighted by atomic mass is 19.1. The zero-order chi connectivity index (χ0) is 17.4. The number of aromatic nitrogens is 2. The summed E-state index contributed by atoms with van der Waals surface area (Å²) in [7, 11) is 0. The summed E-state index contributed by atoms with van der Waals surface area (Å²) in [5, 5.41) is 0. The van der Waals surface area contributed by atoms with Crippen LogP contribution in [0.4, 0.5) is 10.3 Å². The van der Waals surface area contributed by atoms with Crippen molar-refractivity contribution in [2.75, 3.05) is 31.1 Å². The summed E-state index contributed by atoms with van der Waals surface area (Å²) in [6, 6.07) is 8.45. The SMILES string of the molecule is Cc1cccc([C@@H]2C[C@@H]2C(=O)N2CCN(c3ncc(F)cn3)CC2)c1. The first kappa shape index (κ1) is 16.0. The molecule has 0 radical (unpaired) electrons. The van der Waals surface area contributed by atoms with Gasteiger partial charge in [0.1, 0.15) is 0 Å². The van der Waals surface area contributed by atoms with Crippen LogP contribution in [0.15, 0.2) is 36.7 Å². The number of piperazine rings is 1. The molecule has 1 aromatic heterocycles. The second-order valence-corrected chi connectivity index (χ2v) is 6.88. The van der Waals surface area contributed by atoms with Gasteiger partial charge in [0.05, 0.1) is 12.4 Å². The van der Waals surface area contributed by atoms with Crippen molar-refractivity contribution in [2.24, 2.45) is 5.92 Å². The molecule has 1 saturated carbocycles. The van der Waals surface area contributed by atoms with E-state index in [4.69, 9.17) is 0 Å². The number of aryl methyl sites for hydroxylation is 1. The lowest BCUT2D eigenvalue weighted by Crippen LogP contribution is -2.49. The van der Waals surface area contributed by atoms with Crippen molar-refractivity contribution in [1.82, 2.24) is 14.9 Å². The third-order valence-corrected chi connectivity index (χ3v) is 5.06. The Morgan fingerprint density at radius 1 is 1.16 bits per heavy atom. The van der Waals surface area contributed by atoms with Crippen molar-refractivity contribution < 1.29 is 9.18 Å². The van der Waals surface area contributed by atoms with Gasteiger partial charge in [-0.25, -0.2) is 14.4 Å². The molecule has 1 amide bonds. The van der Waals surface area contributed by atoms with Crippen LogP contribution >= 0.6 is 0 Å². The number of nitrogens with zero attached hydrogens (tertiary/aromatic N) is 4. The van der Waals surface area contributed by atoms with Crippen molar-refractivity contribution in [2.45, 2.75) is 19.3 Å². The Hall–Kier alpha value is -2.50. The molecular formula is C19H21FN4O. The van der Waals surface area contributed by atoms with E-state index in [-0.39, 0.29) is 11.8 Å². The van der Waals surface area contributed by atoms with Crippen LogP contribution in [0, 0.1) is 18.7 Å². The molecule has 25 heavy (non-hydrogen) atoms. The van der Waals surface area contributed by atoms with E-state index < -0.39 is 5.82 Å². The van der Waals surface area contributed by atoms with Gasteiger partial charge in [0.2, 0.25) is 11.9 Å². The topological polar surface area (TPSA) is 49.3 Å². The van der Waals surface area contributed by atoms with Crippen LogP contribution in [0.3, 0.4) is 0 Å². The maximum atomic E-state index is 12.9. The minimum atomic E-state index is -0.437. The average molecular weight is 340 g/mol. The van der Waals surface area contributed by atoms with Crippen LogP contribution < -0.4 is 4.90 Å². The molecule has 2 heterocycles. The highest BCUT2D eigenvalue weighted by Crippen LogP contribution is 2.48. The molecule has 6 heteroatoms. The Kier molecular flexibility index (Phi) is 4.11. The summed E-state index contributed by atoms with van der Waals surface area (Å²) in [5.74, 6) is 0.832. The van der Waals surface area contributed by atoms with Crippen molar-refractivity contribution in [3.05, 3.63) is 53.6 Å². The van der Waals surface area contributed by atoms with Crippen LogP contribution in [-0.2, 0) is 4.79 Å². The second kappa shape index (κ2) is 6.43. The molecule has 1 aliphatic heterocycles. The van der Waals surface area contributed by atoms with E-state index in [0.29, 0.717) is 38.0 Å². The van der Waals surface area contributed by atoms with Crippen molar-refractivity contribution in [1.29, 1.82) is 0 Å². The molecule has 1 saturated heterocycles. The normalized spacial score (nSPS) is 22.8. The molecule has 0 unspecified atom stereocenters. The summed E-state index contributed by atoms with van der Waals surface area (Å²) >= 11 is 0. The van der Waals surface area contributed by atoms with Crippen molar-refractivity contribution in [3.63, 3.8) is 0 Å². The fourth-order valence-corrected chi connectivity index (χ4v) is 3.57. The van der Waals surface area contributed by atoms with Gasteiger partial charge in [0.25, 0.3) is 0 Å². The lowest BCUT2D eigenvalue weighted by molar-refractivity contribution is -0.133. The third-order valence-electron chi connectivity index (χ3n) is 5.06. The Balaban J connectivity index is 1.34. The molecule has 130 valence electrons. The number of benzene rings is 1. The lowest BCUT2D eigenvalue weighted by atomic mass is 10.1. The number of amides is 1. The second-order valence-electron chi connectivity index (χ2n) is 6.88. The fourth-order valence-electron chi connectivity index (χ4n) is 3.57. The van der Waals surface area contributed by atoms with Crippen LogP contribution in [0.1, 0.15) is 23.5 Å². The summed E-state index contributed by atoms with van der Waals surface area (Å²) in [6.07, 6.45) is 3.30. The number of halogens is 1. The first-order chi connectivity index (χ1) is 12.1. The monoisotopic (exact) mass is 340 g/mol. The Morgan fingerprint density at radius 3 is 2.56 bits per heavy atom. The molecule has 5 nitrogen and oxygen atoms in total. The van der Waals surface area contributed by atoms with Crippen LogP contribution in [0.25, 0.3) is 0 Å². The van der Waals surface area contributed by atoms with Gasteiger partial charge in [-0.15, -0.1) is 0 Å². The van der Waals surface area contributed by atoms with Gasteiger partial charge in [0.15, 0.2) is 5.82 Å². The summed E-state index contributed by atoms with van der Waals surface area (Å²) in [4.78, 5) is 24.7. The summed E-state index contributed by atoms with van der Waals surface area (Å²) in [5.41, 5.74) is 2.51. The van der Waals surface area contributed by atoms with E-state index >= 15 is 0 Å². The van der Waals surface area contributed by atoms with Gasteiger partial charge >= 0.3 is 0 Å². The van der Waals surface area contributed by atoms with E-state index in [1.54, 1.807) is 0 Å². The van der Waals surface area contributed by atoms with Crippen molar-refractivity contribution in [3.8, 4) is 0 Å². The smallest absolute Gasteiger partial charge is 0.226 e. The summed E-state index contributed by atoms with van der Waals surface area (Å²) < 4.78 is 12.9. The number of hydrogen-bond acceptors (Lipinski definition) is 4. The molecule has 2 aliphatic rings. The lowest BCUT2D eigenvalue weighted by Gasteiger charge is -2.34. The van der Waals surface area contributed by atoms with E-state index in [2.05, 4.69) is 41.2 Å². The Labute approximate surface area is 146 Å². The predicted octanol–water partition coefficient (Wildman–Crippen LogP) is 2.38. The minimum Gasteiger partial charge on any atom is -0.339 e. The standard InChI is InChI=1S/C19H21FN4O/c1-13-3-2-4-14(9-13)16-10-17(16)18(25)23-5-7-24(8-6-23)19-21-11-15(20)12-22-19/h2-4,9,11-12,16-17H,5-8,10H2,1H3/t16-,17-/m0/s1. The van der Waals surface area contributed by atoms with Gasteiger partial charge in [-0.05, 0) is 24.8 Å². The van der Waals surface area contributed by atoms with Gasteiger partial charge < -0.3 is 9.80 Å². The van der Waals surface area contributed by atoms with Gasteiger partial charge in [0, 0.05) is 32.1 Å². The Bertz CT molecular complexity index is 771. The molecule has 0 spiro atoms. The molecule has 1 aliphatic carbocycles. The quantitative estimate of drug-likeness (QED) is 0.861. The first-order valence-electron chi connectivity index (χ1n) is 8.69. The van der Waals surface area contributed by atoms with Crippen LogP contribution in [-0.4, -0.2) is 47.0 Å². The van der Waals surface area contributed by atoms with E-state index in [1.165, 1.54) is 23.5 Å². The number of anilines is 1. The summed E-state index contributed by atoms with van der Waals surface area (Å²) in [6.45, 7) is 4.77. The molecule has 1 aromatic carbocycles. The van der Waals surface area contributed by atoms with Gasteiger partial charge in [-0.3, -0.25) is 4.79 Å². The molecule has 4 rings (SSSR count). The number of carbonyl (C=O) groups is 1. The molecular weight excluding hydrogens is 319 g/mol. The highest BCUT2D eigenvalue weighted by Gasteiger charge is 2.46. The van der Waals surface area contributed by atoms with E-state index in [9.17, 15) is 9.18 Å². The fraction of sp³-hybridized carbons (Fsp3) is 0.421. The molecule has 0 bridgehead atoms. The Morgan fingerprint density at radius 2 is 1.88 bits per heavy atom. The molecule has 2 aromatic rings. The van der Waals surface area contributed by atoms with Crippen molar-refractivity contribution >= 4 is 11.9 Å². The maximum Gasteiger partial charge on any atom is 0.226 e. The highest BCUT2D eigenvalue weighted by molar-refractivity contribution is 5.83. The predicted molar refractivity (Wildman–Crippen MR) is 92.8 cm³/mol. The zero-order valence-electron chi connectivity index (χ0n) is 14.2. The molecule has 2 atom stereocenters. The van der Waals surface area contributed by atoms with Gasteiger partial charge in [-0.2, -0.15) is 0 Å². The number of hydrogen-bond donors (Lipinski definition) is 0. The molecule has 2 fully saturated rings.